The molecule has 0 saturated heterocycles. The Morgan fingerprint density at radius 2 is 2.15 bits per heavy atom. The second-order valence-corrected chi connectivity index (χ2v) is 7.26. The molecule has 0 bridgehead atoms. The maximum absolute atomic E-state index is 12.3. The van der Waals surface area contributed by atoms with Crippen LogP contribution in [0.4, 0.5) is 0 Å². The first-order chi connectivity index (χ1) is 9.46. The summed E-state index contributed by atoms with van der Waals surface area (Å²) in [4.78, 5) is 11.6. The van der Waals surface area contributed by atoms with Crippen LogP contribution >= 0.6 is 0 Å². The van der Waals surface area contributed by atoms with Crippen LogP contribution in [0.5, 0.6) is 0 Å². The fourth-order valence-electron chi connectivity index (χ4n) is 2.69. The number of sulfonamides is 1. The molecule has 3 unspecified atom stereocenters. The zero-order valence-corrected chi connectivity index (χ0v) is 13.0. The number of carbonyl (C=O) groups excluding carboxylic acids is 1. The molecule has 0 heterocycles. The molecule has 1 rings (SSSR count). The van der Waals surface area contributed by atoms with Crippen LogP contribution in [0.3, 0.4) is 0 Å². The van der Waals surface area contributed by atoms with E-state index < -0.39 is 27.2 Å². The average molecular weight is 307 g/mol. The highest BCUT2D eigenvalue weighted by Gasteiger charge is 2.42. The number of methoxy groups -OCH3 is 1. The molecular weight excluding hydrogens is 282 g/mol. The van der Waals surface area contributed by atoms with Gasteiger partial charge in [0.1, 0.15) is 0 Å². The van der Waals surface area contributed by atoms with Crippen molar-refractivity contribution in [2.75, 3.05) is 20.3 Å². The summed E-state index contributed by atoms with van der Waals surface area (Å²) in [5.74, 6) is -0.886. The van der Waals surface area contributed by atoms with Gasteiger partial charge in [0.2, 0.25) is 10.0 Å². The SMILES string of the molecule is CCC(CCO)CNS(=O)(=O)C1CCCC1C(=O)OC. The van der Waals surface area contributed by atoms with Crippen LogP contribution in [0.15, 0.2) is 0 Å². The van der Waals surface area contributed by atoms with Crippen LogP contribution < -0.4 is 4.72 Å². The minimum absolute atomic E-state index is 0.0500. The Bertz CT molecular complexity index is 409. The fraction of sp³-hybridized carbons (Fsp3) is 0.923. The van der Waals surface area contributed by atoms with Crippen LogP contribution in [-0.2, 0) is 19.6 Å². The largest absolute Gasteiger partial charge is 0.469 e. The summed E-state index contributed by atoms with van der Waals surface area (Å²) in [6.45, 7) is 2.32. The molecule has 6 nitrogen and oxygen atoms in total. The summed E-state index contributed by atoms with van der Waals surface area (Å²) in [6.07, 6.45) is 3.15. The van der Waals surface area contributed by atoms with E-state index in [0.717, 1.165) is 12.8 Å². The van der Waals surface area contributed by atoms with Crippen LogP contribution in [0.2, 0.25) is 0 Å². The summed E-state index contributed by atoms with van der Waals surface area (Å²) < 4.78 is 31.9. The van der Waals surface area contributed by atoms with Crippen molar-refractivity contribution in [3.05, 3.63) is 0 Å². The van der Waals surface area contributed by atoms with E-state index in [0.29, 0.717) is 25.8 Å². The van der Waals surface area contributed by atoms with E-state index in [2.05, 4.69) is 9.46 Å². The number of aliphatic hydroxyl groups is 1. The summed E-state index contributed by atoms with van der Waals surface area (Å²) >= 11 is 0. The Morgan fingerprint density at radius 1 is 1.45 bits per heavy atom. The Labute approximate surface area is 120 Å². The fourth-order valence-corrected chi connectivity index (χ4v) is 4.53. The van der Waals surface area contributed by atoms with Gasteiger partial charge >= 0.3 is 5.97 Å². The van der Waals surface area contributed by atoms with E-state index in [1.807, 2.05) is 6.92 Å². The normalized spacial score (nSPS) is 24.6. The molecule has 0 aromatic carbocycles. The second-order valence-electron chi connectivity index (χ2n) is 5.28. The Hall–Kier alpha value is -0.660. The minimum Gasteiger partial charge on any atom is -0.469 e. The van der Waals surface area contributed by atoms with Crippen molar-refractivity contribution >= 4 is 16.0 Å². The van der Waals surface area contributed by atoms with Crippen molar-refractivity contribution in [1.82, 2.24) is 4.72 Å². The van der Waals surface area contributed by atoms with Crippen molar-refractivity contribution in [3.8, 4) is 0 Å². The van der Waals surface area contributed by atoms with Crippen LogP contribution in [0.25, 0.3) is 0 Å². The van der Waals surface area contributed by atoms with Gasteiger partial charge in [0.25, 0.3) is 0 Å². The number of ether oxygens (including phenoxy) is 1. The van der Waals surface area contributed by atoms with E-state index in [1.165, 1.54) is 7.11 Å². The molecule has 0 radical (unpaired) electrons. The van der Waals surface area contributed by atoms with Crippen LogP contribution in [0, 0.1) is 11.8 Å². The Balaban J connectivity index is 2.65. The third-order valence-corrected chi connectivity index (χ3v) is 5.97. The van der Waals surface area contributed by atoms with Gasteiger partial charge in [-0.1, -0.05) is 19.8 Å². The monoisotopic (exact) mass is 307 g/mol. The second kappa shape index (κ2) is 7.95. The third kappa shape index (κ3) is 4.43. The molecule has 0 aromatic heterocycles. The summed E-state index contributed by atoms with van der Waals surface area (Å²) in [5, 5.41) is 8.22. The van der Waals surface area contributed by atoms with Crippen molar-refractivity contribution in [2.45, 2.75) is 44.3 Å². The van der Waals surface area contributed by atoms with Crippen molar-refractivity contribution in [2.24, 2.45) is 11.8 Å². The van der Waals surface area contributed by atoms with E-state index in [4.69, 9.17) is 5.11 Å². The van der Waals surface area contributed by atoms with E-state index in [1.54, 1.807) is 0 Å². The van der Waals surface area contributed by atoms with E-state index in [-0.39, 0.29) is 12.5 Å². The lowest BCUT2D eigenvalue weighted by Gasteiger charge is -2.20. The summed E-state index contributed by atoms with van der Waals surface area (Å²) in [5.41, 5.74) is 0. The quantitative estimate of drug-likeness (QED) is 0.643. The number of aliphatic hydroxyl groups excluding tert-OH is 1. The molecule has 1 aliphatic rings. The Kier molecular flexibility index (Phi) is 6.91. The molecule has 2 N–H and O–H groups in total. The average Bonchev–Trinajstić information content (AvgIpc) is 2.92. The molecule has 0 spiro atoms. The molecule has 20 heavy (non-hydrogen) atoms. The lowest BCUT2D eigenvalue weighted by atomic mass is 10.0. The number of nitrogens with one attached hydrogen (secondary N) is 1. The molecular formula is C13H25NO5S. The minimum atomic E-state index is -3.52. The van der Waals surface area contributed by atoms with Gasteiger partial charge in [-0.3, -0.25) is 4.79 Å². The van der Waals surface area contributed by atoms with Gasteiger partial charge in [0.05, 0.1) is 18.3 Å². The van der Waals surface area contributed by atoms with Crippen molar-refractivity contribution in [3.63, 3.8) is 0 Å². The predicted octanol–water partition coefficient (Wildman–Crippen LogP) is 0.656. The maximum Gasteiger partial charge on any atom is 0.310 e. The molecule has 0 aromatic rings. The molecule has 0 amide bonds. The first-order valence-electron chi connectivity index (χ1n) is 7.13. The van der Waals surface area contributed by atoms with Gasteiger partial charge < -0.3 is 9.84 Å². The molecule has 1 aliphatic carbocycles. The first-order valence-corrected chi connectivity index (χ1v) is 8.68. The topological polar surface area (TPSA) is 92.7 Å². The molecule has 0 aliphatic heterocycles. The number of carbonyl (C=O) groups is 1. The summed E-state index contributed by atoms with van der Waals surface area (Å²) in [6, 6.07) is 0. The predicted molar refractivity (Wildman–Crippen MR) is 75.6 cm³/mol. The van der Waals surface area contributed by atoms with Crippen molar-refractivity contribution in [1.29, 1.82) is 0 Å². The molecule has 7 heteroatoms. The highest BCUT2D eigenvalue weighted by molar-refractivity contribution is 7.90. The zero-order valence-electron chi connectivity index (χ0n) is 12.2. The Morgan fingerprint density at radius 3 is 2.70 bits per heavy atom. The maximum atomic E-state index is 12.3. The zero-order chi connectivity index (χ0) is 15.2. The number of hydrogen-bond donors (Lipinski definition) is 2. The summed E-state index contributed by atoms with van der Waals surface area (Å²) in [7, 11) is -2.24. The van der Waals surface area contributed by atoms with E-state index >= 15 is 0 Å². The lowest BCUT2D eigenvalue weighted by molar-refractivity contribution is -0.145. The third-order valence-electron chi connectivity index (χ3n) is 4.04. The van der Waals surface area contributed by atoms with Gasteiger partial charge in [0, 0.05) is 13.2 Å². The molecule has 3 atom stereocenters. The van der Waals surface area contributed by atoms with Gasteiger partial charge in [-0.05, 0) is 25.2 Å². The van der Waals surface area contributed by atoms with Crippen LogP contribution in [-0.4, -0.2) is 45.0 Å². The smallest absolute Gasteiger partial charge is 0.310 e. The number of esters is 1. The van der Waals surface area contributed by atoms with Crippen molar-refractivity contribution < 1.29 is 23.1 Å². The molecule has 1 saturated carbocycles. The first kappa shape index (κ1) is 17.4. The number of hydrogen-bond acceptors (Lipinski definition) is 5. The van der Waals surface area contributed by atoms with Crippen LogP contribution in [0.1, 0.15) is 39.0 Å². The number of rotatable bonds is 8. The highest BCUT2D eigenvalue weighted by atomic mass is 32.2. The highest BCUT2D eigenvalue weighted by Crippen LogP contribution is 2.31. The van der Waals surface area contributed by atoms with E-state index in [9.17, 15) is 13.2 Å². The standard InChI is InChI=1S/C13H25NO5S/c1-3-10(7-8-15)9-14-20(17,18)12-6-4-5-11(12)13(16)19-2/h10-12,14-15H,3-9H2,1-2H3. The van der Waals surface area contributed by atoms with Gasteiger partial charge in [-0.25, -0.2) is 13.1 Å². The molecule has 1 fully saturated rings. The molecule has 118 valence electrons. The van der Waals surface area contributed by atoms with Gasteiger partial charge in [-0.2, -0.15) is 0 Å². The van der Waals surface area contributed by atoms with Gasteiger partial charge in [0.15, 0.2) is 0 Å². The lowest BCUT2D eigenvalue weighted by Crippen LogP contribution is -2.41. The van der Waals surface area contributed by atoms with Gasteiger partial charge in [-0.15, -0.1) is 0 Å².